The number of alkyl halides is 3. The van der Waals surface area contributed by atoms with Gasteiger partial charge in [-0.15, -0.1) is 0 Å². The van der Waals surface area contributed by atoms with Gasteiger partial charge in [-0.05, 0) is 53.4 Å². The Balaban J connectivity index is 1.77. The van der Waals surface area contributed by atoms with E-state index in [2.05, 4.69) is 0 Å². The van der Waals surface area contributed by atoms with Crippen LogP contribution in [0.2, 0.25) is 5.02 Å². The van der Waals surface area contributed by atoms with Crippen molar-refractivity contribution in [2.24, 2.45) is 0 Å². The summed E-state index contributed by atoms with van der Waals surface area (Å²) in [5.41, 5.74) is -2.61. The second kappa shape index (κ2) is 9.47. The molecule has 0 amide bonds. The highest BCUT2D eigenvalue weighted by Gasteiger charge is 2.69. The van der Waals surface area contributed by atoms with Crippen LogP contribution in [-0.4, -0.2) is 47.0 Å². The molecule has 0 spiro atoms. The molecular weight excluding hydrogens is 535 g/mol. The quantitative estimate of drug-likeness (QED) is 0.401. The first-order chi connectivity index (χ1) is 17.3. The Labute approximate surface area is 214 Å². The normalized spacial score (nSPS) is 19.5. The van der Waals surface area contributed by atoms with Gasteiger partial charge in [-0.2, -0.15) is 17.5 Å². The Morgan fingerprint density at radius 2 is 1.49 bits per heavy atom. The number of rotatable bonds is 8. The molecule has 0 radical (unpaired) electrons. The van der Waals surface area contributed by atoms with Crippen LogP contribution in [0.25, 0.3) is 11.1 Å². The number of aliphatic carboxylic acids is 2. The zero-order valence-corrected chi connectivity index (χ0v) is 20.4. The van der Waals surface area contributed by atoms with Crippen LogP contribution in [0.3, 0.4) is 0 Å². The molecule has 7 nitrogen and oxygen atoms in total. The maximum absolute atomic E-state index is 13.6. The van der Waals surface area contributed by atoms with Gasteiger partial charge in [-0.3, -0.25) is 9.59 Å². The molecule has 0 bridgehead atoms. The van der Waals surface area contributed by atoms with Gasteiger partial charge in [0, 0.05) is 10.9 Å². The maximum atomic E-state index is 13.6. The highest BCUT2D eigenvalue weighted by molar-refractivity contribution is 7.89. The Bertz CT molecular complexity index is 1460. The Morgan fingerprint density at radius 3 is 2.00 bits per heavy atom. The van der Waals surface area contributed by atoms with Crippen LogP contribution in [-0.2, 0) is 25.8 Å². The molecule has 2 unspecified atom stereocenters. The lowest BCUT2D eigenvalue weighted by molar-refractivity contribution is -0.146. The van der Waals surface area contributed by atoms with Crippen molar-refractivity contribution in [1.29, 1.82) is 0 Å². The molecule has 1 aliphatic rings. The molecule has 1 saturated carbocycles. The maximum Gasteiger partial charge on any atom is 0.416 e. The monoisotopic (exact) mass is 553 g/mol. The van der Waals surface area contributed by atoms with E-state index in [0.717, 1.165) is 18.2 Å². The van der Waals surface area contributed by atoms with Crippen LogP contribution in [0.4, 0.5) is 13.2 Å². The topological polar surface area (TPSA) is 112 Å². The summed E-state index contributed by atoms with van der Waals surface area (Å²) in [5.74, 6) is -4.81. The summed E-state index contributed by atoms with van der Waals surface area (Å²) in [7, 11) is -4.76. The van der Waals surface area contributed by atoms with Gasteiger partial charge >= 0.3 is 18.1 Å². The molecule has 37 heavy (non-hydrogen) atoms. The van der Waals surface area contributed by atoms with E-state index in [-0.39, 0.29) is 4.31 Å². The molecule has 0 aliphatic heterocycles. The van der Waals surface area contributed by atoms with E-state index in [1.54, 1.807) is 24.3 Å². The number of nitrogens with zero attached hydrogens (tertiary/aromatic N) is 1. The molecule has 2 N–H and O–H groups in total. The minimum Gasteiger partial charge on any atom is -0.480 e. The van der Waals surface area contributed by atoms with E-state index in [1.807, 2.05) is 0 Å². The molecule has 3 aromatic carbocycles. The summed E-state index contributed by atoms with van der Waals surface area (Å²) in [5, 5.41) is 20.0. The molecule has 0 heterocycles. The van der Waals surface area contributed by atoms with Gasteiger partial charge in [-0.1, -0.05) is 54.1 Å². The predicted octanol–water partition coefficient (Wildman–Crippen LogP) is 5.11. The van der Waals surface area contributed by atoms with Crippen molar-refractivity contribution in [3.8, 4) is 11.1 Å². The average molecular weight is 554 g/mol. The third kappa shape index (κ3) is 4.94. The number of carboxylic acids is 2. The van der Waals surface area contributed by atoms with E-state index in [4.69, 9.17) is 11.6 Å². The summed E-state index contributed by atoms with van der Waals surface area (Å²) in [4.78, 5) is 23.6. The van der Waals surface area contributed by atoms with Crippen molar-refractivity contribution in [1.82, 2.24) is 4.31 Å². The zero-order valence-electron chi connectivity index (χ0n) is 18.8. The van der Waals surface area contributed by atoms with Crippen molar-refractivity contribution in [3.05, 3.63) is 88.9 Å². The van der Waals surface area contributed by atoms with Crippen molar-refractivity contribution in [3.63, 3.8) is 0 Å². The van der Waals surface area contributed by atoms with Gasteiger partial charge in [-0.25, -0.2) is 8.42 Å². The predicted molar refractivity (Wildman–Crippen MR) is 128 cm³/mol. The van der Waals surface area contributed by atoms with Gasteiger partial charge in [0.25, 0.3) is 0 Å². The molecule has 194 valence electrons. The number of carbonyl (C=O) groups is 2. The number of benzene rings is 3. The fourth-order valence-corrected chi connectivity index (χ4v) is 6.30. The van der Waals surface area contributed by atoms with Gasteiger partial charge in [0.2, 0.25) is 10.0 Å². The lowest BCUT2D eigenvalue weighted by Gasteiger charge is -2.28. The number of sulfonamides is 1. The van der Waals surface area contributed by atoms with Crippen LogP contribution < -0.4 is 0 Å². The van der Waals surface area contributed by atoms with E-state index in [9.17, 15) is 41.4 Å². The molecule has 0 saturated heterocycles. The number of carboxylic acid groups (broad SMARTS) is 2. The van der Waals surface area contributed by atoms with E-state index in [1.165, 1.54) is 30.3 Å². The smallest absolute Gasteiger partial charge is 0.416 e. The molecule has 1 aliphatic carbocycles. The van der Waals surface area contributed by atoms with Crippen LogP contribution >= 0.6 is 11.6 Å². The summed E-state index contributed by atoms with van der Waals surface area (Å²) in [6.07, 6.45) is -5.35. The van der Waals surface area contributed by atoms with Crippen LogP contribution in [0.15, 0.2) is 77.7 Å². The molecule has 4 rings (SSSR count). The van der Waals surface area contributed by atoms with Gasteiger partial charge < -0.3 is 10.2 Å². The minimum absolute atomic E-state index is 0.278. The van der Waals surface area contributed by atoms with Gasteiger partial charge in [0.05, 0.1) is 10.5 Å². The fraction of sp³-hybridized carbons (Fsp3) is 0.200. The van der Waals surface area contributed by atoms with Crippen molar-refractivity contribution >= 4 is 33.6 Å². The number of hydrogen-bond acceptors (Lipinski definition) is 4. The van der Waals surface area contributed by atoms with Crippen molar-refractivity contribution < 1.29 is 41.4 Å². The summed E-state index contributed by atoms with van der Waals surface area (Å²) in [6, 6.07) is 16.2. The van der Waals surface area contributed by atoms with E-state index >= 15 is 0 Å². The second-order valence-electron chi connectivity index (χ2n) is 8.51. The lowest BCUT2D eigenvalue weighted by atomic mass is 9.99. The van der Waals surface area contributed by atoms with Gasteiger partial charge in [0.15, 0.2) is 0 Å². The molecule has 0 aromatic heterocycles. The Morgan fingerprint density at radius 1 is 0.946 bits per heavy atom. The third-order valence-electron chi connectivity index (χ3n) is 6.29. The number of hydrogen-bond donors (Lipinski definition) is 2. The highest BCUT2D eigenvalue weighted by atomic mass is 35.5. The third-order valence-corrected chi connectivity index (χ3v) is 8.44. The van der Waals surface area contributed by atoms with Crippen LogP contribution in [0, 0.1) is 0 Å². The lowest BCUT2D eigenvalue weighted by Crippen LogP contribution is -2.50. The first kappa shape index (κ1) is 26.6. The minimum atomic E-state index is -4.82. The van der Waals surface area contributed by atoms with Crippen molar-refractivity contribution in [2.75, 3.05) is 6.54 Å². The molecule has 3 aromatic rings. The standard InChI is InChI=1S/C25H19ClF3NO6S/c26-17-9-5-15(6-10-17)16-7-11-18(12-8-16)37(35,36)30(14-22(31)32)24(23(33)34)13-21(24)19-3-1-2-4-20(19)25(27,28)29/h1-12,21H,13-14H2,(H,31,32)(H,33,34). The second-order valence-corrected chi connectivity index (χ2v) is 10.8. The van der Waals surface area contributed by atoms with Crippen molar-refractivity contribution in [2.45, 2.75) is 28.9 Å². The SMILES string of the molecule is O=C(O)CN(C1(C(=O)O)CC1c1ccccc1C(F)(F)F)S(=O)(=O)c1ccc(-c2ccc(Cl)cc2)cc1. The summed E-state index contributed by atoms with van der Waals surface area (Å²) < 4.78 is 68.3. The zero-order chi connectivity index (χ0) is 27.2. The largest absolute Gasteiger partial charge is 0.480 e. The first-order valence-electron chi connectivity index (χ1n) is 10.8. The molecular formula is C25H19ClF3NO6S. The van der Waals surface area contributed by atoms with E-state index < -0.39 is 68.6 Å². The molecule has 1 fully saturated rings. The van der Waals surface area contributed by atoms with Gasteiger partial charge in [0.1, 0.15) is 12.1 Å². The Hall–Kier alpha value is -3.41. The van der Waals surface area contributed by atoms with Crippen LogP contribution in [0.1, 0.15) is 23.5 Å². The first-order valence-corrected chi connectivity index (χ1v) is 12.6. The highest BCUT2D eigenvalue weighted by Crippen LogP contribution is 2.59. The summed E-state index contributed by atoms with van der Waals surface area (Å²) >= 11 is 5.88. The molecule has 12 heteroatoms. The number of halogens is 4. The summed E-state index contributed by atoms with van der Waals surface area (Å²) in [6.45, 7) is -1.25. The van der Waals surface area contributed by atoms with Crippen LogP contribution in [0.5, 0.6) is 0 Å². The molecule has 2 atom stereocenters. The van der Waals surface area contributed by atoms with E-state index in [0.29, 0.717) is 16.1 Å². The fourth-order valence-electron chi connectivity index (χ4n) is 4.45. The average Bonchev–Trinajstić information content (AvgIpc) is 3.59. The Kier molecular flexibility index (Phi) is 6.82.